The Kier molecular flexibility index (Phi) is 5.14. The lowest BCUT2D eigenvalue weighted by Crippen LogP contribution is -2.15. The topological polar surface area (TPSA) is 50.8 Å². The molecule has 0 aliphatic heterocycles. The van der Waals surface area contributed by atoms with E-state index in [4.69, 9.17) is 10.5 Å². The van der Waals surface area contributed by atoms with Crippen LogP contribution < -0.4 is 4.90 Å². The second-order valence-electron chi connectivity index (χ2n) is 3.95. The van der Waals surface area contributed by atoms with Crippen molar-refractivity contribution in [2.75, 3.05) is 11.9 Å². The van der Waals surface area contributed by atoms with Gasteiger partial charge in [0.05, 0.1) is 0 Å². The summed E-state index contributed by atoms with van der Waals surface area (Å²) in [5.74, 6) is 0. The Hall–Kier alpha value is -2.78. The van der Waals surface area contributed by atoms with Crippen molar-refractivity contribution in [2.45, 2.75) is 6.92 Å². The van der Waals surface area contributed by atoms with Gasteiger partial charge in [0.15, 0.2) is 0 Å². The number of nitrogens with zero attached hydrogens (tertiary/aromatic N) is 3. The van der Waals surface area contributed by atoms with Crippen molar-refractivity contribution in [2.24, 2.45) is 0 Å². The van der Waals surface area contributed by atoms with Gasteiger partial charge in [-0.2, -0.15) is 10.5 Å². The van der Waals surface area contributed by atoms with Gasteiger partial charge in [0.25, 0.3) is 0 Å². The zero-order chi connectivity index (χ0) is 14.3. The van der Waals surface area contributed by atoms with Gasteiger partial charge in [-0.25, -0.2) is 0 Å². The van der Waals surface area contributed by atoms with Crippen LogP contribution in [-0.4, -0.2) is 7.05 Å². The molecule has 0 bridgehead atoms. The number of allylic oxidation sites excluding steroid dienone is 4. The highest BCUT2D eigenvalue weighted by atomic mass is 15.1. The molecule has 0 saturated carbocycles. The van der Waals surface area contributed by atoms with Crippen LogP contribution in [-0.2, 0) is 0 Å². The number of para-hydroxylation sites is 1. The Morgan fingerprint density at radius 2 is 1.84 bits per heavy atom. The lowest BCUT2D eigenvalue weighted by Gasteiger charge is -2.22. The monoisotopic (exact) mass is 249 g/mol. The van der Waals surface area contributed by atoms with Crippen LogP contribution in [0.3, 0.4) is 0 Å². The standard InChI is InChI=1S/C16H15N3/c1-4-15(10-9-14(11-17)12-18)19(3)16-8-6-5-7-13(16)2/h4-10H,1H2,2-3H3/b15-10+. The highest BCUT2D eigenvalue weighted by Crippen LogP contribution is 2.22. The van der Waals surface area contributed by atoms with Crippen molar-refractivity contribution in [3.05, 3.63) is 65.9 Å². The minimum atomic E-state index is 0.0672. The molecule has 0 unspecified atom stereocenters. The maximum absolute atomic E-state index is 8.70. The molecule has 3 nitrogen and oxygen atoms in total. The molecular formula is C16H15N3. The summed E-state index contributed by atoms with van der Waals surface area (Å²) in [7, 11) is 1.92. The van der Waals surface area contributed by atoms with Crippen LogP contribution in [0.15, 0.2) is 60.3 Å². The average Bonchev–Trinajstić information content (AvgIpc) is 2.44. The van der Waals surface area contributed by atoms with Crippen molar-refractivity contribution in [1.82, 2.24) is 0 Å². The number of aryl methyl sites for hydroxylation is 1. The van der Waals surface area contributed by atoms with Crippen LogP contribution in [0.25, 0.3) is 0 Å². The fraction of sp³-hybridized carbons (Fsp3) is 0.125. The fourth-order valence-electron chi connectivity index (χ4n) is 1.66. The largest absolute Gasteiger partial charge is 0.344 e. The summed E-state index contributed by atoms with van der Waals surface area (Å²) in [6.07, 6.45) is 4.89. The van der Waals surface area contributed by atoms with E-state index >= 15 is 0 Å². The number of rotatable bonds is 4. The van der Waals surface area contributed by atoms with E-state index < -0.39 is 0 Å². The molecular weight excluding hydrogens is 234 g/mol. The minimum absolute atomic E-state index is 0.0672. The van der Waals surface area contributed by atoms with Gasteiger partial charge in [0.2, 0.25) is 0 Å². The molecule has 94 valence electrons. The molecule has 1 aromatic carbocycles. The van der Waals surface area contributed by atoms with Gasteiger partial charge < -0.3 is 4.90 Å². The van der Waals surface area contributed by atoms with Gasteiger partial charge in [-0.1, -0.05) is 24.8 Å². The van der Waals surface area contributed by atoms with Crippen LogP contribution in [0.4, 0.5) is 5.69 Å². The Bertz CT molecular complexity index is 594. The van der Waals surface area contributed by atoms with E-state index in [-0.39, 0.29) is 5.57 Å². The molecule has 3 heteroatoms. The second kappa shape index (κ2) is 6.83. The van der Waals surface area contributed by atoms with Crippen molar-refractivity contribution >= 4 is 5.69 Å². The molecule has 19 heavy (non-hydrogen) atoms. The predicted molar refractivity (Wildman–Crippen MR) is 77.2 cm³/mol. The molecule has 0 radical (unpaired) electrons. The first-order valence-corrected chi connectivity index (χ1v) is 5.78. The molecule has 0 heterocycles. The van der Waals surface area contributed by atoms with Crippen LogP contribution >= 0.6 is 0 Å². The lowest BCUT2D eigenvalue weighted by atomic mass is 10.1. The summed E-state index contributed by atoms with van der Waals surface area (Å²) in [6.45, 7) is 5.79. The highest BCUT2D eigenvalue weighted by molar-refractivity contribution is 5.59. The third-order valence-electron chi connectivity index (χ3n) is 2.73. The van der Waals surface area contributed by atoms with Gasteiger partial charge in [0, 0.05) is 18.4 Å². The summed E-state index contributed by atoms with van der Waals surface area (Å²) in [6, 6.07) is 11.6. The number of benzene rings is 1. The van der Waals surface area contributed by atoms with Crippen LogP contribution in [0.1, 0.15) is 5.56 Å². The molecule has 1 rings (SSSR count). The van der Waals surface area contributed by atoms with E-state index in [0.717, 1.165) is 16.9 Å². The van der Waals surface area contributed by atoms with Crippen LogP contribution in [0.5, 0.6) is 0 Å². The summed E-state index contributed by atoms with van der Waals surface area (Å²) < 4.78 is 0. The third-order valence-corrected chi connectivity index (χ3v) is 2.73. The van der Waals surface area contributed by atoms with Gasteiger partial charge in [-0.05, 0) is 36.8 Å². The molecule has 0 aliphatic carbocycles. The van der Waals surface area contributed by atoms with Gasteiger partial charge in [-0.15, -0.1) is 0 Å². The predicted octanol–water partition coefficient (Wildman–Crippen LogP) is 3.47. The SMILES string of the molecule is C=C/C(=C\C=C(C#N)C#N)N(C)c1ccccc1C. The molecule has 0 aliphatic rings. The first-order chi connectivity index (χ1) is 9.13. The van der Waals surface area contributed by atoms with Gasteiger partial charge in [-0.3, -0.25) is 0 Å². The highest BCUT2D eigenvalue weighted by Gasteiger charge is 2.05. The van der Waals surface area contributed by atoms with Crippen molar-refractivity contribution in [1.29, 1.82) is 10.5 Å². The number of anilines is 1. The maximum Gasteiger partial charge on any atom is 0.129 e. The first kappa shape index (κ1) is 14.3. The molecule has 0 atom stereocenters. The van der Waals surface area contributed by atoms with E-state index in [9.17, 15) is 0 Å². The zero-order valence-electron chi connectivity index (χ0n) is 11.1. The maximum atomic E-state index is 8.70. The Balaban J connectivity index is 3.13. The molecule has 0 aromatic heterocycles. The number of hydrogen-bond donors (Lipinski definition) is 0. The minimum Gasteiger partial charge on any atom is -0.344 e. The van der Waals surface area contributed by atoms with E-state index in [1.807, 2.05) is 55.3 Å². The molecule has 0 fully saturated rings. The fourth-order valence-corrected chi connectivity index (χ4v) is 1.66. The second-order valence-corrected chi connectivity index (χ2v) is 3.95. The number of hydrogen-bond acceptors (Lipinski definition) is 3. The molecule has 0 saturated heterocycles. The van der Waals surface area contributed by atoms with E-state index in [2.05, 4.69) is 6.58 Å². The van der Waals surface area contributed by atoms with Crippen molar-refractivity contribution < 1.29 is 0 Å². The number of nitriles is 2. The van der Waals surface area contributed by atoms with E-state index in [1.165, 1.54) is 6.08 Å². The first-order valence-electron chi connectivity index (χ1n) is 5.78. The quantitative estimate of drug-likeness (QED) is 0.606. The smallest absolute Gasteiger partial charge is 0.129 e. The molecule has 1 aromatic rings. The summed E-state index contributed by atoms with van der Waals surface area (Å²) in [4.78, 5) is 1.96. The van der Waals surface area contributed by atoms with Gasteiger partial charge >= 0.3 is 0 Å². The normalized spacial score (nSPS) is 10.0. The molecule has 0 amide bonds. The van der Waals surface area contributed by atoms with Crippen LogP contribution in [0.2, 0.25) is 0 Å². The van der Waals surface area contributed by atoms with E-state index in [0.29, 0.717) is 0 Å². The summed E-state index contributed by atoms with van der Waals surface area (Å²) in [5, 5.41) is 17.4. The van der Waals surface area contributed by atoms with Crippen molar-refractivity contribution in [3.8, 4) is 12.1 Å². The zero-order valence-corrected chi connectivity index (χ0v) is 11.1. The molecule has 0 spiro atoms. The van der Waals surface area contributed by atoms with Gasteiger partial charge in [0.1, 0.15) is 17.7 Å². The Morgan fingerprint density at radius 3 is 2.37 bits per heavy atom. The Labute approximate surface area is 114 Å². The summed E-state index contributed by atoms with van der Waals surface area (Å²) in [5.41, 5.74) is 3.08. The third kappa shape index (κ3) is 3.59. The average molecular weight is 249 g/mol. The van der Waals surface area contributed by atoms with Crippen molar-refractivity contribution in [3.63, 3.8) is 0 Å². The summed E-state index contributed by atoms with van der Waals surface area (Å²) >= 11 is 0. The lowest BCUT2D eigenvalue weighted by molar-refractivity contribution is 1.12. The number of likely N-dealkylation sites (N-methyl/N-ethyl adjacent to an activating group) is 1. The molecule has 0 N–H and O–H groups in total. The van der Waals surface area contributed by atoms with Crippen LogP contribution in [0, 0.1) is 29.6 Å². The Morgan fingerprint density at radius 1 is 1.21 bits per heavy atom. The van der Waals surface area contributed by atoms with E-state index in [1.54, 1.807) is 12.2 Å².